The second-order valence-corrected chi connectivity index (χ2v) is 11.1. The van der Waals surface area contributed by atoms with Crippen molar-refractivity contribution < 1.29 is 0 Å². The van der Waals surface area contributed by atoms with Gasteiger partial charge < -0.3 is 5.09 Å². The second kappa shape index (κ2) is 10.8. The van der Waals surface area contributed by atoms with Crippen molar-refractivity contribution >= 4 is 24.5 Å². The lowest BCUT2D eigenvalue weighted by molar-refractivity contribution is 0.838. The van der Waals surface area contributed by atoms with Crippen molar-refractivity contribution in [1.82, 2.24) is 5.09 Å². The lowest BCUT2D eigenvalue weighted by atomic mass is 9.83. The highest BCUT2D eigenvalue weighted by molar-refractivity contribution is 7.71. The molecule has 0 fully saturated rings. The van der Waals surface area contributed by atoms with E-state index in [4.69, 9.17) is 0 Å². The van der Waals surface area contributed by atoms with E-state index in [1.54, 1.807) is 0 Å². The van der Waals surface area contributed by atoms with Gasteiger partial charge in [-0.3, -0.25) is 5.41 Å². The van der Waals surface area contributed by atoms with Crippen LogP contribution in [0.1, 0.15) is 56.2 Å². The molecule has 172 valence electrons. The molecule has 0 heterocycles. The van der Waals surface area contributed by atoms with Gasteiger partial charge in [0.25, 0.3) is 0 Å². The maximum Gasteiger partial charge on any atom is 0.129 e. The third-order valence-electron chi connectivity index (χ3n) is 6.09. The first kappa shape index (κ1) is 23.9. The third kappa shape index (κ3) is 5.13. The van der Waals surface area contributed by atoms with Crippen LogP contribution in [0.5, 0.6) is 0 Å². The van der Waals surface area contributed by atoms with Crippen molar-refractivity contribution in [1.29, 1.82) is 5.41 Å². The minimum atomic E-state index is -0.910. The van der Waals surface area contributed by atoms with Crippen LogP contribution in [0.3, 0.4) is 0 Å². The molecular formula is C31H33N2P. The number of amidine groups is 1. The Kier molecular flexibility index (Phi) is 7.60. The maximum atomic E-state index is 9.21. The van der Waals surface area contributed by atoms with Gasteiger partial charge in [0, 0.05) is 16.2 Å². The summed E-state index contributed by atoms with van der Waals surface area (Å²) in [6.45, 7) is 9.00. The highest BCUT2D eigenvalue weighted by Gasteiger charge is 2.21. The van der Waals surface area contributed by atoms with Crippen LogP contribution in [0, 0.1) is 5.41 Å². The average molecular weight is 465 g/mol. The first-order valence-electron chi connectivity index (χ1n) is 12.0. The van der Waals surface area contributed by atoms with Crippen molar-refractivity contribution in [2.45, 2.75) is 39.5 Å². The first-order chi connectivity index (χ1) is 16.5. The van der Waals surface area contributed by atoms with E-state index in [0.717, 1.165) is 11.1 Å². The summed E-state index contributed by atoms with van der Waals surface area (Å²) in [5, 5.41) is 15.2. The van der Waals surface area contributed by atoms with E-state index in [1.165, 1.54) is 27.3 Å². The highest BCUT2D eigenvalue weighted by atomic mass is 31.1. The number of rotatable bonds is 7. The van der Waals surface area contributed by atoms with E-state index in [-0.39, 0.29) is 0 Å². The van der Waals surface area contributed by atoms with E-state index >= 15 is 0 Å². The van der Waals surface area contributed by atoms with Crippen LogP contribution in [-0.2, 0) is 0 Å². The predicted octanol–water partition coefficient (Wildman–Crippen LogP) is 7.56. The lowest BCUT2D eigenvalue weighted by Gasteiger charge is -2.25. The molecule has 0 unspecified atom stereocenters. The molecule has 0 aliphatic carbocycles. The van der Waals surface area contributed by atoms with Gasteiger partial charge in [-0.15, -0.1) is 0 Å². The van der Waals surface area contributed by atoms with Crippen LogP contribution < -0.4 is 15.7 Å². The first-order valence-corrected chi connectivity index (χ1v) is 13.3. The molecule has 4 aromatic rings. The van der Waals surface area contributed by atoms with Crippen molar-refractivity contribution in [3.8, 4) is 11.1 Å². The molecule has 0 radical (unpaired) electrons. The largest absolute Gasteiger partial charge is 0.342 e. The van der Waals surface area contributed by atoms with E-state index < -0.39 is 8.07 Å². The van der Waals surface area contributed by atoms with Crippen LogP contribution in [0.25, 0.3) is 11.1 Å². The van der Waals surface area contributed by atoms with Crippen molar-refractivity contribution in [3.63, 3.8) is 0 Å². The zero-order valence-electron chi connectivity index (χ0n) is 20.4. The topological polar surface area (TPSA) is 35.9 Å². The second-order valence-electron chi connectivity index (χ2n) is 9.16. The number of hydrogen-bond donors (Lipinski definition) is 2. The minimum absolute atomic E-state index is 0.398. The molecule has 2 N–H and O–H groups in total. The van der Waals surface area contributed by atoms with Crippen LogP contribution in [0.4, 0.5) is 0 Å². The fraction of sp³-hybridized carbons (Fsp3) is 0.194. The Balaban J connectivity index is 1.80. The van der Waals surface area contributed by atoms with Gasteiger partial charge >= 0.3 is 0 Å². The summed E-state index contributed by atoms with van der Waals surface area (Å²) >= 11 is 0. The van der Waals surface area contributed by atoms with Crippen molar-refractivity contribution in [2.75, 3.05) is 0 Å². The predicted molar refractivity (Wildman–Crippen MR) is 149 cm³/mol. The summed E-state index contributed by atoms with van der Waals surface area (Å²) in [6, 6.07) is 36.0. The SMILES string of the molecule is CC(C)c1cccc(C(C)C)c1-c1ccccc1C(=N)NP(c1ccccc1)c1ccccc1. The van der Waals surface area contributed by atoms with Crippen molar-refractivity contribution in [2.24, 2.45) is 0 Å². The van der Waals surface area contributed by atoms with E-state index in [0.29, 0.717) is 17.7 Å². The maximum absolute atomic E-state index is 9.21. The fourth-order valence-electron chi connectivity index (χ4n) is 4.39. The Morgan fingerprint density at radius 1 is 0.618 bits per heavy atom. The monoisotopic (exact) mass is 464 g/mol. The normalized spacial score (nSPS) is 11.3. The van der Waals surface area contributed by atoms with E-state index in [2.05, 4.69) is 118 Å². The molecule has 0 aromatic heterocycles. The summed E-state index contributed by atoms with van der Waals surface area (Å²) < 4.78 is 0. The molecule has 4 rings (SSSR count). The van der Waals surface area contributed by atoms with Gasteiger partial charge in [0.05, 0.1) is 8.07 Å². The van der Waals surface area contributed by atoms with Crippen molar-refractivity contribution in [3.05, 3.63) is 120 Å². The third-order valence-corrected chi connectivity index (χ3v) is 8.17. The number of hydrogen-bond acceptors (Lipinski definition) is 1. The Morgan fingerprint density at radius 3 is 1.59 bits per heavy atom. The Bertz CT molecular complexity index is 1180. The van der Waals surface area contributed by atoms with Crippen LogP contribution in [0.15, 0.2) is 103 Å². The Hall–Kier alpha value is -3.22. The molecular weight excluding hydrogens is 431 g/mol. The fourth-order valence-corrected chi connectivity index (χ4v) is 6.23. The zero-order chi connectivity index (χ0) is 24.1. The molecule has 0 atom stereocenters. The van der Waals surface area contributed by atoms with Gasteiger partial charge in [-0.1, -0.05) is 131 Å². The molecule has 0 amide bonds. The summed E-state index contributed by atoms with van der Waals surface area (Å²) in [5.41, 5.74) is 6.01. The smallest absolute Gasteiger partial charge is 0.129 e. The van der Waals surface area contributed by atoms with Gasteiger partial charge in [-0.2, -0.15) is 0 Å². The quantitative estimate of drug-likeness (QED) is 0.165. The van der Waals surface area contributed by atoms with Crippen LogP contribution in [0.2, 0.25) is 0 Å². The molecule has 34 heavy (non-hydrogen) atoms. The Labute approximate surface area is 205 Å². The molecule has 0 bridgehead atoms. The average Bonchev–Trinajstić information content (AvgIpc) is 2.87. The molecule has 2 nitrogen and oxygen atoms in total. The molecule has 0 aliphatic heterocycles. The summed E-state index contributed by atoms with van der Waals surface area (Å²) in [7, 11) is -0.910. The van der Waals surface area contributed by atoms with Gasteiger partial charge in [0.2, 0.25) is 0 Å². The molecule has 0 spiro atoms. The van der Waals surface area contributed by atoms with Crippen LogP contribution >= 0.6 is 8.07 Å². The van der Waals surface area contributed by atoms with Gasteiger partial charge in [-0.25, -0.2) is 0 Å². The lowest BCUT2D eigenvalue weighted by Crippen LogP contribution is -2.29. The molecule has 0 aliphatic rings. The standard InChI is InChI=1S/C31H33N2P/c1-22(2)26-20-13-21-27(23(3)4)30(26)28-18-11-12-19-29(28)31(32)33-34(24-14-7-5-8-15-24)25-16-9-6-10-17-25/h5-23H,1-4H3,(H2,32,33). The molecule has 0 saturated heterocycles. The van der Waals surface area contributed by atoms with Crippen LogP contribution in [-0.4, -0.2) is 5.84 Å². The Morgan fingerprint density at radius 2 is 1.09 bits per heavy atom. The summed E-state index contributed by atoms with van der Waals surface area (Å²) in [5.74, 6) is 1.26. The summed E-state index contributed by atoms with van der Waals surface area (Å²) in [6.07, 6.45) is 0. The number of benzene rings is 4. The highest BCUT2D eigenvalue weighted by Crippen LogP contribution is 2.38. The number of nitrogens with one attached hydrogen (secondary N) is 2. The molecule has 0 saturated carbocycles. The molecule has 3 heteroatoms. The van der Waals surface area contributed by atoms with Gasteiger partial charge in [0.15, 0.2) is 0 Å². The van der Waals surface area contributed by atoms with Gasteiger partial charge in [-0.05, 0) is 34.1 Å². The van der Waals surface area contributed by atoms with Gasteiger partial charge in [0.1, 0.15) is 5.84 Å². The minimum Gasteiger partial charge on any atom is -0.342 e. The zero-order valence-corrected chi connectivity index (χ0v) is 21.3. The van der Waals surface area contributed by atoms with E-state index in [9.17, 15) is 5.41 Å². The molecule has 4 aromatic carbocycles. The van der Waals surface area contributed by atoms with E-state index in [1.807, 2.05) is 18.2 Å². The summed E-state index contributed by atoms with van der Waals surface area (Å²) in [4.78, 5) is 0.